The third kappa shape index (κ3) is 6.15. The number of carbonyl (C=O) groups is 1. The van der Waals surface area contributed by atoms with Gasteiger partial charge in [0.2, 0.25) is 0 Å². The number of amides is 1. The molecule has 7 nitrogen and oxygen atoms in total. The van der Waals surface area contributed by atoms with Gasteiger partial charge in [-0.15, -0.1) is 0 Å². The minimum atomic E-state index is -4.72. The van der Waals surface area contributed by atoms with Crippen LogP contribution in [0.3, 0.4) is 0 Å². The summed E-state index contributed by atoms with van der Waals surface area (Å²) < 4.78 is 72.0. The van der Waals surface area contributed by atoms with Crippen LogP contribution in [0.5, 0.6) is 17.2 Å². The maximum absolute atomic E-state index is 15.1. The van der Waals surface area contributed by atoms with Gasteiger partial charge in [-0.1, -0.05) is 17.7 Å². The SMILES string of the molecule is COc1cc(N[C@@H](C(=O)N2CCc3cc(OC)c(C(F)(F)F)cc32)c2ccc(Cl)cc2F)cc(OCCO)c1. The number of methoxy groups -OCH3 is 2. The van der Waals surface area contributed by atoms with Crippen molar-refractivity contribution in [2.24, 2.45) is 0 Å². The smallest absolute Gasteiger partial charge is 0.420 e. The molecule has 3 aromatic rings. The highest BCUT2D eigenvalue weighted by Gasteiger charge is 2.39. The van der Waals surface area contributed by atoms with Gasteiger partial charge < -0.3 is 29.5 Å². The lowest BCUT2D eigenvalue weighted by molar-refractivity contribution is -0.138. The summed E-state index contributed by atoms with van der Waals surface area (Å²) in [7, 11) is 2.56. The Kier molecular flexibility index (Phi) is 8.41. The summed E-state index contributed by atoms with van der Waals surface area (Å²) in [5, 5.41) is 12.2. The molecule has 0 spiro atoms. The number of aliphatic hydroxyl groups is 1. The van der Waals surface area contributed by atoms with E-state index in [9.17, 15) is 18.0 Å². The number of benzene rings is 3. The van der Waals surface area contributed by atoms with E-state index in [2.05, 4.69) is 5.32 Å². The first kappa shape index (κ1) is 28.3. The van der Waals surface area contributed by atoms with Gasteiger partial charge in [0.15, 0.2) is 0 Å². The topological polar surface area (TPSA) is 80.3 Å². The van der Waals surface area contributed by atoms with Crippen LogP contribution in [0.1, 0.15) is 22.7 Å². The summed E-state index contributed by atoms with van der Waals surface area (Å²) in [5.74, 6) is -1.15. The highest BCUT2D eigenvalue weighted by atomic mass is 35.5. The van der Waals surface area contributed by atoms with Crippen molar-refractivity contribution in [1.82, 2.24) is 0 Å². The van der Waals surface area contributed by atoms with Crippen LogP contribution in [-0.4, -0.2) is 45.0 Å². The second-order valence-corrected chi connectivity index (χ2v) is 9.07. The van der Waals surface area contributed by atoms with Gasteiger partial charge in [0.1, 0.15) is 35.7 Å². The zero-order valence-corrected chi connectivity index (χ0v) is 21.7. The molecule has 208 valence electrons. The van der Waals surface area contributed by atoms with Gasteiger partial charge in [0, 0.05) is 46.7 Å². The number of anilines is 2. The average molecular weight is 569 g/mol. The number of ether oxygens (including phenoxy) is 3. The molecule has 0 unspecified atom stereocenters. The minimum absolute atomic E-state index is 0.00363. The van der Waals surface area contributed by atoms with Crippen LogP contribution in [0.2, 0.25) is 5.02 Å². The highest BCUT2D eigenvalue weighted by Crippen LogP contribution is 2.43. The summed E-state index contributed by atoms with van der Waals surface area (Å²) in [4.78, 5) is 15.1. The van der Waals surface area contributed by atoms with Crippen molar-refractivity contribution in [3.05, 3.63) is 76.1 Å². The predicted octanol–water partition coefficient (Wildman–Crippen LogP) is 5.63. The minimum Gasteiger partial charge on any atom is -0.497 e. The quantitative estimate of drug-likeness (QED) is 0.326. The van der Waals surface area contributed by atoms with Crippen LogP contribution in [0.4, 0.5) is 28.9 Å². The van der Waals surface area contributed by atoms with Gasteiger partial charge in [0.25, 0.3) is 5.91 Å². The van der Waals surface area contributed by atoms with Crippen LogP contribution >= 0.6 is 11.6 Å². The average Bonchev–Trinajstić information content (AvgIpc) is 3.32. The van der Waals surface area contributed by atoms with Crippen molar-refractivity contribution in [2.75, 3.05) is 44.2 Å². The summed E-state index contributed by atoms with van der Waals surface area (Å²) in [5.41, 5.74) is -0.233. The Morgan fingerprint density at radius 2 is 1.85 bits per heavy atom. The molecular formula is C27H25ClF4N2O5. The van der Waals surface area contributed by atoms with E-state index < -0.39 is 29.5 Å². The van der Waals surface area contributed by atoms with Gasteiger partial charge in [-0.05, 0) is 36.2 Å². The number of nitrogens with zero attached hydrogens (tertiary/aromatic N) is 1. The van der Waals surface area contributed by atoms with E-state index in [1.807, 2.05) is 0 Å². The predicted molar refractivity (Wildman–Crippen MR) is 137 cm³/mol. The van der Waals surface area contributed by atoms with Gasteiger partial charge in [-0.25, -0.2) is 4.39 Å². The molecule has 4 rings (SSSR count). The van der Waals surface area contributed by atoms with Crippen LogP contribution in [0, 0.1) is 5.82 Å². The Bertz CT molecular complexity index is 1370. The van der Waals surface area contributed by atoms with E-state index in [1.54, 1.807) is 12.1 Å². The number of nitrogens with one attached hydrogen (secondary N) is 1. The fourth-order valence-corrected chi connectivity index (χ4v) is 4.54. The lowest BCUT2D eigenvalue weighted by Crippen LogP contribution is -2.37. The number of hydrogen-bond donors (Lipinski definition) is 2. The number of rotatable bonds is 9. The van der Waals surface area contributed by atoms with Crippen molar-refractivity contribution in [2.45, 2.75) is 18.6 Å². The van der Waals surface area contributed by atoms with Crippen LogP contribution in [0.15, 0.2) is 48.5 Å². The molecule has 0 aliphatic carbocycles. The monoisotopic (exact) mass is 568 g/mol. The van der Waals surface area contributed by atoms with Gasteiger partial charge in [0.05, 0.1) is 26.4 Å². The summed E-state index contributed by atoms with van der Waals surface area (Å²) in [6.07, 6.45) is -4.44. The molecule has 2 N–H and O–H groups in total. The van der Waals surface area contributed by atoms with E-state index in [0.717, 1.165) is 19.2 Å². The first-order valence-electron chi connectivity index (χ1n) is 11.8. The number of carbonyl (C=O) groups excluding carboxylic acids is 1. The van der Waals surface area contributed by atoms with E-state index in [1.165, 1.54) is 36.3 Å². The molecule has 12 heteroatoms. The lowest BCUT2D eigenvalue weighted by atomic mass is 10.0. The molecule has 1 amide bonds. The zero-order chi connectivity index (χ0) is 28.3. The van der Waals surface area contributed by atoms with Crippen LogP contribution in [0.25, 0.3) is 0 Å². The first-order chi connectivity index (χ1) is 18.5. The molecule has 3 aromatic carbocycles. The Labute approximate surface area is 226 Å². The molecule has 1 atom stereocenters. The number of aliphatic hydroxyl groups excluding tert-OH is 1. The molecule has 0 saturated heterocycles. The Morgan fingerprint density at radius 1 is 1.10 bits per heavy atom. The van der Waals surface area contributed by atoms with Gasteiger partial charge in [-0.3, -0.25) is 4.79 Å². The van der Waals surface area contributed by atoms with Crippen molar-refractivity contribution in [3.8, 4) is 17.2 Å². The van der Waals surface area contributed by atoms with Gasteiger partial charge in [-0.2, -0.15) is 13.2 Å². The molecule has 0 fully saturated rings. The number of alkyl halides is 3. The van der Waals surface area contributed by atoms with E-state index in [4.69, 9.17) is 30.9 Å². The van der Waals surface area contributed by atoms with Crippen molar-refractivity contribution >= 4 is 28.9 Å². The second kappa shape index (κ2) is 11.6. The summed E-state index contributed by atoms with van der Waals surface area (Å²) in [6, 6.07) is 9.21. The zero-order valence-electron chi connectivity index (χ0n) is 20.9. The van der Waals surface area contributed by atoms with E-state index in [-0.39, 0.29) is 48.2 Å². The molecule has 0 aromatic heterocycles. The van der Waals surface area contributed by atoms with Crippen molar-refractivity contribution in [1.29, 1.82) is 0 Å². The van der Waals surface area contributed by atoms with E-state index in [0.29, 0.717) is 22.7 Å². The molecule has 0 saturated carbocycles. The Hall–Kier alpha value is -3.70. The second-order valence-electron chi connectivity index (χ2n) is 8.63. The lowest BCUT2D eigenvalue weighted by Gasteiger charge is -2.27. The van der Waals surface area contributed by atoms with Crippen LogP contribution in [-0.2, 0) is 17.4 Å². The molecular weight excluding hydrogens is 544 g/mol. The number of halogens is 5. The third-order valence-corrected chi connectivity index (χ3v) is 6.41. The maximum Gasteiger partial charge on any atom is 0.420 e. The molecule has 0 bridgehead atoms. The summed E-state index contributed by atoms with van der Waals surface area (Å²) in [6.45, 7) is -0.165. The van der Waals surface area contributed by atoms with Crippen molar-refractivity contribution in [3.63, 3.8) is 0 Å². The Morgan fingerprint density at radius 3 is 2.49 bits per heavy atom. The van der Waals surface area contributed by atoms with Crippen LogP contribution < -0.4 is 24.4 Å². The number of fused-ring (bicyclic) bond motifs is 1. The summed E-state index contributed by atoms with van der Waals surface area (Å²) >= 11 is 5.93. The Balaban J connectivity index is 1.77. The molecule has 39 heavy (non-hydrogen) atoms. The van der Waals surface area contributed by atoms with Gasteiger partial charge >= 0.3 is 6.18 Å². The highest BCUT2D eigenvalue weighted by molar-refractivity contribution is 6.30. The molecule has 0 radical (unpaired) electrons. The molecule has 1 aliphatic rings. The van der Waals surface area contributed by atoms with E-state index >= 15 is 4.39 Å². The normalized spacial score (nSPS) is 13.6. The number of hydrogen-bond acceptors (Lipinski definition) is 6. The van der Waals surface area contributed by atoms with Crippen molar-refractivity contribution < 1.29 is 41.7 Å². The fourth-order valence-electron chi connectivity index (χ4n) is 4.38. The standard InChI is InChI=1S/C27H25ClF4N2O5/c1-37-18-11-17(12-19(13-18)39-8-7-35)33-25(20-4-3-16(28)10-22(20)29)26(36)34-6-5-15-9-24(38-2)21(14-23(15)34)27(30,31)32/h3-4,9-14,25,33,35H,5-8H2,1-2H3/t25-/m1/s1. The maximum atomic E-state index is 15.1. The fraction of sp³-hybridized carbons (Fsp3) is 0.296. The third-order valence-electron chi connectivity index (χ3n) is 6.17. The largest absolute Gasteiger partial charge is 0.497 e. The first-order valence-corrected chi connectivity index (χ1v) is 12.2. The molecule has 1 heterocycles. The molecule has 1 aliphatic heterocycles.